The molecular formula is C2H4N3P. The lowest BCUT2D eigenvalue weighted by molar-refractivity contribution is 1.49. The lowest BCUT2D eigenvalue weighted by atomic mass is 11.2. The summed E-state index contributed by atoms with van der Waals surface area (Å²) in [4.78, 5) is 3.66. The van der Waals surface area contributed by atoms with Crippen molar-refractivity contribution in [3.05, 3.63) is 0 Å². The normalized spacial score (nSPS) is 21.3. The van der Waals surface area contributed by atoms with E-state index < -0.39 is 0 Å². The average molecular weight is 101 g/mol. The van der Waals surface area contributed by atoms with Gasteiger partial charge in [-0.1, -0.05) is 0 Å². The van der Waals surface area contributed by atoms with Gasteiger partial charge in [0.25, 0.3) is 0 Å². The molecule has 0 fully saturated rings. The highest BCUT2D eigenvalue weighted by molar-refractivity contribution is 7.35. The summed E-state index contributed by atoms with van der Waals surface area (Å²) < 4.78 is 3.77. The van der Waals surface area contributed by atoms with Crippen molar-refractivity contribution >= 4 is 21.6 Å². The van der Waals surface area contributed by atoms with Crippen molar-refractivity contribution in [3.63, 3.8) is 0 Å². The first-order chi connectivity index (χ1) is 3.00. The minimum Gasteiger partial charge on any atom is -0.340 e. The number of nitrogens with one attached hydrogen (secondary N) is 1. The SMILES string of the molecule is C1=NC=NPN1. The molecule has 1 heterocycles. The maximum Gasteiger partial charge on any atom is 0.117 e. The van der Waals surface area contributed by atoms with Gasteiger partial charge in [-0.2, -0.15) is 0 Å². The monoisotopic (exact) mass is 101 g/mol. The number of nitrogens with zero attached hydrogens (tertiary/aromatic N) is 2. The quantitative estimate of drug-likeness (QED) is 0.433. The molecule has 0 saturated carbocycles. The molecule has 1 rings (SSSR count). The van der Waals surface area contributed by atoms with Crippen LogP contribution in [0.25, 0.3) is 0 Å². The van der Waals surface area contributed by atoms with E-state index in [0.29, 0.717) is 8.88 Å². The van der Waals surface area contributed by atoms with E-state index in [1.807, 2.05) is 0 Å². The molecule has 1 atom stereocenters. The van der Waals surface area contributed by atoms with Gasteiger partial charge in [0.2, 0.25) is 0 Å². The van der Waals surface area contributed by atoms with E-state index in [1.54, 1.807) is 6.34 Å². The standard InChI is InChI=1S/C2H4N3P/c1-3-2-5-6-4-1/h1-2,6H,(H,3,4,5). The zero-order valence-electron chi connectivity index (χ0n) is 3.05. The molecule has 1 aliphatic rings. The van der Waals surface area contributed by atoms with Gasteiger partial charge in [-0.05, 0) is 0 Å². The predicted octanol–water partition coefficient (Wildman–Crippen LogP) is 0.155. The van der Waals surface area contributed by atoms with Gasteiger partial charge in [-0.25, -0.2) is 9.76 Å². The highest BCUT2D eigenvalue weighted by Gasteiger charge is 1.75. The smallest absolute Gasteiger partial charge is 0.117 e. The highest BCUT2D eigenvalue weighted by atomic mass is 31.1. The third-order valence-corrected chi connectivity index (χ3v) is 0.895. The molecular weight excluding hydrogens is 97.0 g/mol. The van der Waals surface area contributed by atoms with Crippen molar-refractivity contribution in [1.29, 1.82) is 0 Å². The molecule has 3 nitrogen and oxygen atoms in total. The second-order valence-electron chi connectivity index (χ2n) is 0.779. The minimum atomic E-state index is 0.472. The third kappa shape index (κ3) is 0.760. The largest absolute Gasteiger partial charge is 0.340 e. The molecule has 1 N–H and O–H groups in total. The maximum atomic E-state index is 3.77. The summed E-state index contributed by atoms with van der Waals surface area (Å²) >= 11 is 0. The van der Waals surface area contributed by atoms with Crippen LogP contribution in [0.3, 0.4) is 0 Å². The summed E-state index contributed by atoms with van der Waals surface area (Å²) in [5.41, 5.74) is 0. The Morgan fingerprint density at radius 1 is 1.67 bits per heavy atom. The molecule has 0 aromatic heterocycles. The van der Waals surface area contributed by atoms with Crippen LogP contribution in [0.15, 0.2) is 9.76 Å². The summed E-state index contributed by atoms with van der Waals surface area (Å²) in [6, 6.07) is 0. The summed E-state index contributed by atoms with van der Waals surface area (Å²) in [6.07, 6.45) is 3.17. The summed E-state index contributed by atoms with van der Waals surface area (Å²) in [5.74, 6) is 0. The Hall–Kier alpha value is -0.430. The number of aliphatic imine (C=N–C) groups is 1. The zero-order chi connectivity index (χ0) is 4.24. The first-order valence-corrected chi connectivity index (χ1v) is 2.48. The second kappa shape index (κ2) is 1.88. The molecule has 0 amide bonds. The van der Waals surface area contributed by atoms with Crippen LogP contribution >= 0.6 is 8.88 Å². The average Bonchev–Trinajstić information content (AvgIpc) is 1.72. The molecule has 0 radical (unpaired) electrons. The molecule has 0 aliphatic carbocycles. The van der Waals surface area contributed by atoms with Gasteiger partial charge in [-0.3, -0.25) is 0 Å². The van der Waals surface area contributed by atoms with Crippen LogP contribution in [0.4, 0.5) is 0 Å². The lowest BCUT2D eigenvalue weighted by Gasteiger charge is -1.92. The van der Waals surface area contributed by atoms with Crippen LogP contribution < -0.4 is 5.09 Å². The fourth-order valence-corrected chi connectivity index (χ4v) is 0.530. The van der Waals surface area contributed by atoms with Gasteiger partial charge in [0, 0.05) is 0 Å². The molecule has 6 heavy (non-hydrogen) atoms. The number of hydrogen-bond acceptors (Lipinski definition) is 3. The van der Waals surface area contributed by atoms with Gasteiger partial charge >= 0.3 is 0 Å². The maximum absolute atomic E-state index is 3.77. The first kappa shape index (κ1) is 3.75. The topological polar surface area (TPSA) is 36.8 Å². The first-order valence-electron chi connectivity index (χ1n) is 1.54. The number of hydrogen-bond donors (Lipinski definition) is 1. The van der Waals surface area contributed by atoms with Gasteiger partial charge in [0.15, 0.2) is 0 Å². The van der Waals surface area contributed by atoms with Gasteiger partial charge in [0.05, 0.1) is 6.34 Å². The van der Waals surface area contributed by atoms with E-state index in [0.717, 1.165) is 0 Å². The number of rotatable bonds is 0. The predicted molar refractivity (Wildman–Crippen MR) is 28.4 cm³/mol. The lowest BCUT2D eigenvalue weighted by Crippen LogP contribution is -1.97. The Kier molecular flexibility index (Phi) is 1.17. The molecule has 1 unspecified atom stereocenters. The van der Waals surface area contributed by atoms with Crippen molar-refractivity contribution in [2.75, 3.05) is 0 Å². The van der Waals surface area contributed by atoms with Crippen LogP contribution in [0.2, 0.25) is 0 Å². The molecule has 0 spiro atoms. The molecule has 4 heteroatoms. The van der Waals surface area contributed by atoms with Crippen molar-refractivity contribution < 1.29 is 0 Å². The highest BCUT2D eigenvalue weighted by Crippen LogP contribution is 2.02. The second-order valence-corrected chi connectivity index (χ2v) is 1.55. The van der Waals surface area contributed by atoms with Crippen LogP contribution in [-0.4, -0.2) is 12.7 Å². The van der Waals surface area contributed by atoms with Crippen LogP contribution in [0.1, 0.15) is 0 Å². The van der Waals surface area contributed by atoms with E-state index in [1.165, 1.54) is 6.34 Å². The Labute approximate surface area is 37.5 Å². The van der Waals surface area contributed by atoms with E-state index in [2.05, 4.69) is 14.8 Å². The summed E-state index contributed by atoms with van der Waals surface area (Å²) in [7, 11) is 0.472. The van der Waals surface area contributed by atoms with Crippen LogP contribution in [-0.2, 0) is 0 Å². The molecule has 0 bridgehead atoms. The van der Waals surface area contributed by atoms with Gasteiger partial charge in [0.1, 0.15) is 15.2 Å². The Balaban J connectivity index is 2.46. The fourth-order valence-electron chi connectivity index (χ4n) is 0.199. The minimum absolute atomic E-state index is 0.472. The summed E-state index contributed by atoms with van der Waals surface area (Å²) in [5, 5.41) is 2.82. The van der Waals surface area contributed by atoms with Gasteiger partial charge < -0.3 is 5.09 Å². The van der Waals surface area contributed by atoms with E-state index in [-0.39, 0.29) is 0 Å². The molecule has 32 valence electrons. The molecule has 0 aromatic rings. The third-order valence-electron chi connectivity index (χ3n) is 0.393. The van der Waals surface area contributed by atoms with E-state index in [4.69, 9.17) is 0 Å². The molecule has 1 aliphatic heterocycles. The molecule has 0 aromatic carbocycles. The Morgan fingerprint density at radius 3 is 2.83 bits per heavy atom. The molecule has 0 saturated heterocycles. The van der Waals surface area contributed by atoms with Gasteiger partial charge in [-0.15, -0.1) is 0 Å². The van der Waals surface area contributed by atoms with E-state index >= 15 is 0 Å². The van der Waals surface area contributed by atoms with Crippen LogP contribution in [0.5, 0.6) is 0 Å². The fraction of sp³-hybridized carbons (Fsp3) is 0. The Bertz CT molecular complexity index is 74.8. The zero-order valence-corrected chi connectivity index (χ0v) is 4.05. The van der Waals surface area contributed by atoms with E-state index in [9.17, 15) is 0 Å². The summed E-state index contributed by atoms with van der Waals surface area (Å²) in [6.45, 7) is 0. The van der Waals surface area contributed by atoms with Crippen molar-refractivity contribution in [2.24, 2.45) is 9.76 Å². The van der Waals surface area contributed by atoms with Crippen molar-refractivity contribution in [2.45, 2.75) is 0 Å². The van der Waals surface area contributed by atoms with Crippen molar-refractivity contribution in [3.8, 4) is 0 Å². The van der Waals surface area contributed by atoms with Crippen molar-refractivity contribution in [1.82, 2.24) is 5.09 Å². The Morgan fingerprint density at radius 2 is 2.67 bits per heavy atom. The van der Waals surface area contributed by atoms with Crippen LogP contribution in [0, 0.1) is 0 Å².